The van der Waals surface area contributed by atoms with Crippen molar-refractivity contribution in [3.63, 3.8) is 0 Å². The maximum absolute atomic E-state index is 13.5. The molecule has 0 bridgehead atoms. The first-order valence-corrected chi connectivity index (χ1v) is 4.62. The van der Waals surface area contributed by atoms with Crippen molar-refractivity contribution in [1.82, 2.24) is 0 Å². The van der Waals surface area contributed by atoms with Gasteiger partial charge >= 0.3 is 24.1 Å². The molecule has 20 heavy (non-hydrogen) atoms. The highest BCUT2D eigenvalue weighted by molar-refractivity contribution is 5.02. The molecular weight excluding hydrogens is 318 g/mol. The smallest absolute Gasteiger partial charge is 0.309 e. The summed E-state index contributed by atoms with van der Waals surface area (Å²) < 4.78 is 131. The maximum atomic E-state index is 13.5. The lowest BCUT2D eigenvalue weighted by Gasteiger charge is -2.41. The normalized spacial score (nSPS) is 20.4. The van der Waals surface area contributed by atoms with E-state index in [1.165, 1.54) is 0 Å². The molecule has 2 nitrogen and oxygen atoms in total. The number of halogens is 10. The molecule has 122 valence electrons. The second-order valence-corrected chi connectivity index (χ2v) is 3.78. The zero-order valence-electron chi connectivity index (χ0n) is 9.80. The third kappa shape index (κ3) is 3.45. The summed E-state index contributed by atoms with van der Waals surface area (Å²) in [5.41, 5.74) is 0. The number of alkyl halides is 10. The molecule has 0 saturated heterocycles. The van der Waals surface area contributed by atoms with Crippen LogP contribution in [-0.2, 0) is 9.47 Å². The Hall–Kier alpha value is -0.780. The summed E-state index contributed by atoms with van der Waals surface area (Å²) in [6, 6.07) is 0. The fourth-order valence-electron chi connectivity index (χ4n) is 1.07. The van der Waals surface area contributed by atoms with Crippen molar-refractivity contribution in [2.75, 3.05) is 6.86 Å². The maximum Gasteiger partial charge on any atom is 0.525 e. The molecule has 0 heterocycles. The molecule has 0 aliphatic rings. The van der Waals surface area contributed by atoms with Gasteiger partial charge in [-0.3, -0.25) is 0 Å². The van der Waals surface area contributed by atoms with Gasteiger partial charge in [-0.05, 0) is 0 Å². The van der Waals surface area contributed by atoms with Gasteiger partial charge in [0.25, 0.3) is 5.85 Å². The Bertz CT molecular complexity index is 333. The van der Waals surface area contributed by atoms with Gasteiger partial charge in [0.1, 0.15) is 0 Å². The van der Waals surface area contributed by atoms with Crippen LogP contribution in [0.2, 0.25) is 0 Å². The minimum atomic E-state index is -6.29. The molecule has 0 aliphatic heterocycles. The third-order valence-electron chi connectivity index (χ3n) is 2.11. The van der Waals surface area contributed by atoms with E-state index in [1.807, 2.05) is 0 Å². The van der Waals surface area contributed by atoms with Crippen LogP contribution in [0.3, 0.4) is 0 Å². The van der Waals surface area contributed by atoms with Crippen LogP contribution in [0.15, 0.2) is 0 Å². The van der Waals surface area contributed by atoms with Crippen molar-refractivity contribution in [3.05, 3.63) is 0 Å². The highest BCUT2D eigenvalue weighted by Crippen LogP contribution is 2.53. The van der Waals surface area contributed by atoms with Crippen LogP contribution in [0.4, 0.5) is 43.9 Å². The molecule has 0 aromatic rings. The van der Waals surface area contributed by atoms with Crippen LogP contribution in [-0.4, -0.2) is 36.8 Å². The van der Waals surface area contributed by atoms with Gasteiger partial charge < -0.3 is 4.74 Å². The summed E-state index contributed by atoms with van der Waals surface area (Å²) in [4.78, 5) is 0. The molecule has 0 N–H and O–H groups in total. The lowest BCUT2D eigenvalue weighted by Crippen LogP contribution is -2.67. The Morgan fingerprint density at radius 2 is 1.20 bits per heavy atom. The summed E-state index contributed by atoms with van der Waals surface area (Å²) in [5.74, 6) is -22.7. The first-order chi connectivity index (χ1) is 8.52. The molecule has 0 radical (unpaired) electrons. The fraction of sp³-hybridized carbons (Fsp3) is 1.00. The second-order valence-electron chi connectivity index (χ2n) is 3.78. The van der Waals surface area contributed by atoms with Gasteiger partial charge in [0.2, 0.25) is 0 Å². The Morgan fingerprint density at radius 3 is 1.45 bits per heavy atom. The monoisotopic (exact) mass is 326 g/mol. The Labute approximate surface area is 105 Å². The van der Waals surface area contributed by atoms with Crippen LogP contribution in [0.5, 0.6) is 0 Å². The van der Waals surface area contributed by atoms with Gasteiger partial charge in [-0.25, -0.2) is 22.3 Å². The van der Waals surface area contributed by atoms with Crippen LogP contribution >= 0.6 is 0 Å². The molecule has 12 heteroatoms. The van der Waals surface area contributed by atoms with E-state index in [9.17, 15) is 43.9 Å². The summed E-state index contributed by atoms with van der Waals surface area (Å²) in [6.07, 6.45) is -6.29. The van der Waals surface area contributed by atoms with Crippen molar-refractivity contribution in [3.8, 4) is 0 Å². The zero-order chi connectivity index (χ0) is 16.6. The summed E-state index contributed by atoms with van der Waals surface area (Å²) >= 11 is 0. The zero-order valence-corrected chi connectivity index (χ0v) is 9.80. The molecule has 0 amide bonds. The number of rotatable bonds is 6. The quantitative estimate of drug-likeness (QED) is 0.684. The molecule has 0 fully saturated rings. The Morgan fingerprint density at radius 1 is 0.800 bits per heavy atom. The second kappa shape index (κ2) is 5.20. The van der Waals surface area contributed by atoms with E-state index in [4.69, 9.17) is 0 Å². The standard InChI is InChI=1S/C8H8F10O2/c1-4(10,11)7(15,20-8(16,17)18)6(13,14)5(2,12)19-3-9/h3H2,1-2H3. The van der Waals surface area contributed by atoms with Gasteiger partial charge in [0, 0.05) is 13.8 Å². The fourth-order valence-corrected chi connectivity index (χ4v) is 1.07. The molecular formula is C8H8F10O2. The average molecular weight is 326 g/mol. The molecule has 0 spiro atoms. The molecule has 0 aromatic carbocycles. The Kier molecular flexibility index (Phi) is 5.00. The SMILES string of the molecule is CC(F)(F)C(F)(OC(F)(F)F)C(F)(F)C(C)(F)OCF. The van der Waals surface area contributed by atoms with Crippen molar-refractivity contribution in [2.45, 2.75) is 43.8 Å². The number of hydrogen-bond acceptors (Lipinski definition) is 2. The van der Waals surface area contributed by atoms with E-state index in [-0.39, 0.29) is 0 Å². The van der Waals surface area contributed by atoms with Gasteiger partial charge in [-0.1, -0.05) is 0 Å². The van der Waals surface area contributed by atoms with Crippen LogP contribution in [0.25, 0.3) is 0 Å². The third-order valence-corrected chi connectivity index (χ3v) is 2.11. The summed E-state index contributed by atoms with van der Waals surface area (Å²) in [7, 11) is 0. The molecule has 2 atom stereocenters. The van der Waals surface area contributed by atoms with E-state index in [1.54, 1.807) is 0 Å². The van der Waals surface area contributed by atoms with Gasteiger partial charge in [-0.15, -0.1) is 13.2 Å². The van der Waals surface area contributed by atoms with Gasteiger partial charge in [0.05, 0.1) is 0 Å². The van der Waals surface area contributed by atoms with E-state index >= 15 is 0 Å². The predicted octanol–water partition coefficient (Wildman–Crippen LogP) is 4.11. The van der Waals surface area contributed by atoms with E-state index in [0.717, 1.165) is 0 Å². The predicted molar refractivity (Wildman–Crippen MR) is 43.1 cm³/mol. The number of hydrogen-bond donors (Lipinski definition) is 0. The lowest BCUT2D eigenvalue weighted by atomic mass is 9.98. The minimum Gasteiger partial charge on any atom is -0.309 e. The van der Waals surface area contributed by atoms with Crippen LogP contribution < -0.4 is 0 Å². The largest absolute Gasteiger partial charge is 0.525 e. The molecule has 0 rings (SSSR count). The van der Waals surface area contributed by atoms with Gasteiger partial charge in [-0.2, -0.15) is 13.2 Å². The van der Waals surface area contributed by atoms with E-state index in [2.05, 4.69) is 9.47 Å². The summed E-state index contributed by atoms with van der Waals surface area (Å²) in [6.45, 7) is -3.45. The average Bonchev–Trinajstić information content (AvgIpc) is 2.12. The van der Waals surface area contributed by atoms with Crippen LogP contribution in [0.1, 0.15) is 13.8 Å². The van der Waals surface area contributed by atoms with E-state index < -0.39 is 50.6 Å². The Balaban J connectivity index is 5.89. The van der Waals surface area contributed by atoms with Crippen molar-refractivity contribution >= 4 is 0 Å². The molecule has 0 saturated carbocycles. The van der Waals surface area contributed by atoms with Crippen LogP contribution in [0, 0.1) is 0 Å². The summed E-state index contributed by atoms with van der Waals surface area (Å²) in [5, 5.41) is 0. The van der Waals surface area contributed by atoms with E-state index in [0.29, 0.717) is 0 Å². The van der Waals surface area contributed by atoms with Crippen molar-refractivity contribution in [2.24, 2.45) is 0 Å². The first kappa shape index (κ1) is 19.2. The number of ether oxygens (including phenoxy) is 2. The first-order valence-electron chi connectivity index (χ1n) is 4.62. The molecule has 0 aromatic heterocycles. The van der Waals surface area contributed by atoms with Gasteiger partial charge in [0.15, 0.2) is 6.86 Å². The lowest BCUT2D eigenvalue weighted by molar-refractivity contribution is -0.490. The minimum absolute atomic E-state index is 0.424. The highest BCUT2D eigenvalue weighted by atomic mass is 19.4. The topological polar surface area (TPSA) is 18.5 Å². The molecule has 2 unspecified atom stereocenters. The van der Waals surface area contributed by atoms with Crippen molar-refractivity contribution in [1.29, 1.82) is 0 Å². The van der Waals surface area contributed by atoms with Crippen molar-refractivity contribution < 1.29 is 53.4 Å². The highest BCUT2D eigenvalue weighted by Gasteiger charge is 2.79. The molecule has 0 aliphatic carbocycles.